The molecule has 0 amide bonds. The molecule has 2 heteroatoms. The van der Waals surface area contributed by atoms with Gasteiger partial charge in [0, 0.05) is 13.1 Å². The quantitative estimate of drug-likeness (QED) is 0.845. The zero-order valence-corrected chi connectivity index (χ0v) is 11.1. The van der Waals surface area contributed by atoms with Crippen LogP contribution in [0.15, 0.2) is 24.3 Å². The molecule has 0 atom stereocenters. The summed E-state index contributed by atoms with van der Waals surface area (Å²) in [6, 6.07) is 8.64. The van der Waals surface area contributed by atoms with Crippen molar-refractivity contribution in [3.8, 4) is 0 Å². The number of nitrogens with two attached hydrogens (primary N) is 1. The predicted octanol–water partition coefficient (Wildman–Crippen LogP) is 2.56. The molecule has 2 nitrogen and oxygen atoms in total. The first-order chi connectivity index (χ1) is 8.15. The van der Waals surface area contributed by atoms with Crippen molar-refractivity contribution in [1.29, 1.82) is 0 Å². The Bertz CT molecular complexity index is 363. The largest absolute Gasteiger partial charge is 0.330 e. The van der Waals surface area contributed by atoms with Gasteiger partial charge >= 0.3 is 0 Å². The Morgan fingerprint density at radius 2 is 2.00 bits per heavy atom. The first-order valence-corrected chi connectivity index (χ1v) is 6.58. The molecule has 0 saturated heterocycles. The fourth-order valence-corrected chi connectivity index (χ4v) is 2.81. The fraction of sp³-hybridized carbons (Fsp3) is 0.600. The van der Waals surface area contributed by atoms with Crippen LogP contribution in [0.2, 0.25) is 0 Å². The van der Waals surface area contributed by atoms with Gasteiger partial charge in [-0.25, -0.2) is 0 Å². The third-order valence-electron chi connectivity index (χ3n) is 4.15. The Morgan fingerprint density at radius 1 is 1.29 bits per heavy atom. The SMILES string of the molecule is Cc1ccccc1CN(C)CC1(CN)CCC1. The van der Waals surface area contributed by atoms with E-state index in [0.717, 1.165) is 19.6 Å². The Balaban J connectivity index is 1.93. The maximum absolute atomic E-state index is 5.91. The van der Waals surface area contributed by atoms with Crippen LogP contribution in [0.5, 0.6) is 0 Å². The minimum absolute atomic E-state index is 0.414. The molecular formula is C15H24N2. The lowest BCUT2D eigenvalue weighted by molar-refractivity contribution is 0.0844. The van der Waals surface area contributed by atoms with Gasteiger partial charge in [0.05, 0.1) is 0 Å². The van der Waals surface area contributed by atoms with Crippen LogP contribution in [0.25, 0.3) is 0 Å². The van der Waals surface area contributed by atoms with Crippen LogP contribution in [-0.2, 0) is 6.54 Å². The van der Waals surface area contributed by atoms with Crippen molar-refractivity contribution in [2.24, 2.45) is 11.1 Å². The minimum atomic E-state index is 0.414. The van der Waals surface area contributed by atoms with Crippen LogP contribution < -0.4 is 5.73 Å². The molecule has 1 aromatic rings. The first-order valence-electron chi connectivity index (χ1n) is 6.58. The van der Waals surface area contributed by atoms with E-state index in [0.29, 0.717) is 5.41 Å². The van der Waals surface area contributed by atoms with E-state index in [1.807, 2.05) is 0 Å². The minimum Gasteiger partial charge on any atom is -0.330 e. The highest BCUT2D eigenvalue weighted by Gasteiger charge is 2.36. The average Bonchev–Trinajstić information content (AvgIpc) is 2.27. The lowest BCUT2D eigenvalue weighted by Gasteiger charge is -2.43. The second-order valence-corrected chi connectivity index (χ2v) is 5.66. The highest BCUT2D eigenvalue weighted by Crippen LogP contribution is 2.40. The lowest BCUT2D eigenvalue weighted by atomic mass is 9.68. The van der Waals surface area contributed by atoms with Crippen molar-refractivity contribution in [3.05, 3.63) is 35.4 Å². The molecule has 17 heavy (non-hydrogen) atoms. The van der Waals surface area contributed by atoms with Crippen LogP contribution in [0.4, 0.5) is 0 Å². The van der Waals surface area contributed by atoms with E-state index in [-0.39, 0.29) is 0 Å². The number of aryl methyl sites for hydroxylation is 1. The summed E-state index contributed by atoms with van der Waals surface area (Å²) < 4.78 is 0. The third kappa shape index (κ3) is 2.88. The zero-order valence-electron chi connectivity index (χ0n) is 11.1. The van der Waals surface area contributed by atoms with E-state index in [1.165, 1.54) is 30.4 Å². The summed E-state index contributed by atoms with van der Waals surface area (Å²) in [5, 5.41) is 0. The average molecular weight is 232 g/mol. The summed E-state index contributed by atoms with van der Waals surface area (Å²) in [6.45, 7) is 5.20. The van der Waals surface area contributed by atoms with Gasteiger partial charge in [-0.15, -0.1) is 0 Å². The molecule has 94 valence electrons. The maximum Gasteiger partial charge on any atom is 0.0233 e. The number of rotatable bonds is 5. The summed E-state index contributed by atoms with van der Waals surface area (Å²) in [7, 11) is 2.21. The highest BCUT2D eigenvalue weighted by molar-refractivity contribution is 5.25. The van der Waals surface area contributed by atoms with Crippen molar-refractivity contribution in [1.82, 2.24) is 4.90 Å². The normalized spacial score (nSPS) is 18.1. The molecule has 0 radical (unpaired) electrons. The van der Waals surface area contributed by atoms with Gasteiger partial charge in [-0.3, -0.25) is 0 Å². The molecular weight excluding hydrogens is 208 g/mol. The van der Waals surface area contributed by atoms with Gasteiger partial charge in [0.15, 0.2) is 0 Å². The molecule has 1 saturated carbocycles. The van der Waals surface area contributed by atoms with Gasteiger partial charge in [0.2, 0.25) is 0 Å². The van der Waals surface area contributed by atoms with Crippen molar-refractivity contribution >= 4 is 0 Å². The van der Waals surface area contributed by atoms with Gasteiger partial charge in [-0.2, -0.15) is 0 Å². The maximum atomic E-state index is 5.91. The van der Waals surface area contributed by atoms with Gasteiger partial charge in [-0.1, -0.05) is 30.7 Å². The Kier molecular flexibility index (Phi) is 3.85. The van der Waals surface area contributed by atoms with Crippen LogP contribution in [0.3, 0.4) is 0 Å². The lowest BCUT2D eigenvalue weighted by Crippen LogP contribution is -2.45. The molecule has 1 aliphatic carbocycles. The van der Waals surface area contributed by atoms with Gasteiger partial charge in [0.25, 0.3) is 0 Å². The highest BCUT2D eigenvalue weighted by atomic mass is 15.1. The van der Waals surface area contributed by atoms with Gasteiger partial charge in [0.1, 0.15) is 0 Å². The molecule has 1 aliphatic rings. The molecule has 1 aromatic carbocycles. The van der Waals surface area contributed by atoms with Crippen LogP contribution in [0.1, 0.15) is 30.4 Å². The molecule has 2 N–H and O–H groups in total. The summed E-state index contributed by atoms with van der Waals surface area (Å²) >= 11 is 0. The van der Waals surface area contributed by atoms with E-state index in [4.69, 9.17) is 5.73 Å². The number of benzene rings is 1. The second kappa shape index (κ2) is 5.19. The van der Waals surface area contributed by atoms with Crippen molar-refractivity contribution < 1.29 is 0 Å². The molecule has 0 heterocycles. The standard InChI is InChI=1S/C15H24N2/c1-13-6-3-4-7-14(13)10-17(2)12-15(11-16)8-5-9-15/h3-4,6-7H,5,8-12,16H2,1-2H3. The summed E-state index contributed by atoms with van der Waals surface area (Å²) in [5.74, 6) is 0. The summed E-state index contributed by atoms with van der Waals surface area (Å²) in [4.78, 5) is 2.42. The first kappa shape index (κ1) is 12.6. The Hall–Kier alpha value is -0.860. The van der Waals surface area contributed by atoms with Gasteiger partial charge in [-0.05, 0) is 49.9 Å². The summed E-state index contributed by atoms with van der Waals surface area (Å²) in [5.41, 5.74) is 9.14. The zero-order chi connectivity index (χ0) is 12.3. The third-order valence-corrected chi connectivity index (χ3v) is 4.15. The molecule has 0 aromatic heterocycles. The van der Waals surface area contributed by atoms with Crippen molar-refractivity contribution in [2.45, 2.75) is 32.7 Å². The Morgan fingerprint density at radius 3 is 2.53 bits per heavy atom. The van der Waals surface area contributed by atoms with Crippen LogP contribution in [0, 0.1) is 12.3 Å². The van der Waals surface area contributed by atoms with Crippen molar-refractivity contribution in [3.63, 3.8) is 0 Å². The fourth-order valence-electron chi connectivity index (χ4n) is 2.81. The van der Waals surface area contributed by atoms with E-state index >= 15 is 0 Å². The smallest absolute Gasteiger partial charge is 0.0233 e. The van der Waals surface area contributed by atoms with E-state index in [2.05, 4.69) is 43.1 Å². The Labute approximate surface area is 105 Å². The molecule has 2 rings (SSSR count). The molecule has 0 unspecified atom stereocenters. The molecule has 0 spiro atoms. The number of hydrogen-bond donors (Lipinski definition) is 1. The topological polar surface area (TPSA) is 29.3 Å². The van der Waals surface area contributed by atoms with Crippen LogP contribution >= 0.6 is 0 Å². The molecule has 0 bridgehead atoms. The van der Waals surface area contributed by atoms with E-state index in [1.54, 1.807) is 0 Å². The summed E-state index contributed by atoms with van der Waals surface area (Å²) in [6.07, 6.45) is 3.97. The number of hydrogen-bond acceptors (Lipinski definition) is 2. The second-order valence-electron chi connectivity index (χ2n) is 5.66. The molecule has 1 fully saturated rings. The molecule has 0 aliphatic heterocycles. The monoisotopic (exact) mass is 232 g/mol. The van der Waals surface area contributed by atoms with Crippen LogP contribution in [-0.4, -0.2) is 25.0 Å². The van der Waals surface area contributed by atoms with E-state index in [9.17, 15) is 0 Å². The van der Waals surface area contributed by atoms with Gasteiger partial charge < -0.3 is 10.6 Å². The van der Waals surface area contributed by atoms with E-state index < -0.39 is 0 Å². The predicted molar refractivity (Wildman–Crippen MR) is 72.9 cm³/mol. The number of nitrogens with zero attached hydrogens (tertiary/aromatic N) is 1. The van der Waals surface area contributed by atoms with Crippen molar-refractivity contribution in [2.75, 3.05) is 20.1 Å².